The third-order valence-electron chi connectivity index (χ3n) is 4.62. The van der Waals surface area contributed by atoms with Crippen LogP contribution in [0.25, 0.3) is 10.2 Å². The molecule has 1 saturated heterocycles. The van der Waals surface area contributed by atoms with Crippen LogP contribution < -0.4 is 10.6 Å². The number of amides is 1. The van der Waals surface area contributed by atoms with Gasteiger partial charge >= 0.3 is 0 Å². The maximum absolute atomic E-state index is 12.9. The van der Waals surface area contributed by atoms with Gasteiger partial charge in [-0.05, 0) is 44.1 Å². The fourth-order valence-corrected chi connectivity index (χ4v) is 4.16. The third kappa shape index (κ3) is 3.45. The number of piperidine rings is 1. The van der Waals surface area contributed by atoms with Crippen LogP contribution in [0.15, 0.2) is 18.2 Å². The summed E-state index contributed by atoms with van der Waals surface area (Å²) in [6.07, 6.45) is 1.60. The summed E-state index contributed by atoms with van der Waals surface area (Å²) in [5.74, 6) is 0.471. The van der Waals surface area contributed by atoms with Gasteiger partial charge in [0.05, 0.1) is 27.2 Å². The molecule has 0 saturated carbocycles. The van der Waals surface area contributed by atoms with Crippen LogP contribution in [0, 0.1) is 5.41 Å². The summed E-state index contributed by atoms with van der Waals surface area (Å²) in [7, 11) is 1.66. The quantitative estimate of drug-likeness (QED) is 0.870. The molecule has 0 aliphatic carbocycles. The van der Waals surface area contributed by atoms with Crippen LogP contribution in [0.1, 0.15) is 37.6 Å². The summed E-state index contributed by atoms with van der Waals surface area (Å²) in [6, 6.07) is 5.95. The molecule has 1 amide bonds. The SMILES string of the molecule is COCC1(C(=O)Nc2ccc3nc(C(C)C)sc3c2)CCNCC1. The molecule has 130 valence electrons. The average molecular weight is 347 g/mol. The third-order valence-corrected chi connectivity index (χ3v) is 5.94. The summed E-state index contributed by atoms with van der Waals surface area (Å²) in [6.45, 7) is 6.45. The van der Waals surface area contributed by atoms with E-state index in [0.717, 1.165) is 46.8 Å². The number of hydrogen-bond acceptors (Lipinski definition) is 5. The van der Waals surface area contributed by atoms with Crippen LogP contribution in [0.5, 0.6) is 0 Å². The van der Waals surface area contributed by atoms with Gasteiger partial charge in [-0.25, -0.2) is 4.98 Å². The van der Waals surface area contributed by atoms with E-state index < -0.39 is 5.41 Å². The number of nitrogens with one attached hydrogen (secondary N) is 2. The highest BCUT2D eigenvalue weighted by molar-refractivity contribution is 7.18. The van der Waals surface area contributed by atoms with Crippen LogP contribution >= 0.6 is 11.3 Å². The Morgan fingerprint density at radius 1 is 1.42 bits per heavy atom. The number of aromatic nitrogens is 1. The van der Waals surface area contributed by atoms with Crippen molar-refractivity contribution in [3.63, 3.8) is 0 Å². The van der Waals surface area contributed by atoms with Gasteiger partial charge in [0.25, 0.3) is 0 Å². The zero-order chi connectivity index (χ0) is 17.2. The van der Waals surface area contributed by atoms with Crippen molar-refractivity contribution < 1.29 is 9.53 Å². The Kier molecular flexibility index (Phi) is 5.18. The molecule has 1 aliphatic heterocycles. The molecule has 0 radical (unpaired) electrons. The second kappa shape index (κ2) is 7.17. The van der Waals surface area contributed by atoms with E-state index >= 15 is 0 Å². The van der Waals surface area contributed by atoms with Crippen molar-refractivity contribution in [2.45, 2.75) is 32.6 Å². The standard InChI is InChI=1S/C18H25N3O2S/c1-12(2)16-21-14-5-4-13(10-15(14)24-16)20-17(22)18(11-23-3)6-8-19-9-7-18/h4-5,10,12,19H,6-9,11H2,1-3H3,(H,20,22). The van der Waals surface area contributed by atoms with Gasteiger partial charge in [-0.2, -0.15) is 0 Å². The monoisotopic (exact) mass is 347 g/mol. The number of carbonyl (C=O) groups excluding carboxylic acids is 1. The first kappa shape index (κ1) is 17.3. The lowest BCUT2D eigenvalue weighted by atomic mass is 9.78. The minimum Gasteiger partial charge on any atom is -0.384 e. The van der Waals surface area contributed by atoms with Gasteiger partial charge in [0, 0.05) is 18.7 Å². The Labute approximate surface area is 146 Å². The molecule has 1 aliphatic rings. The van der Waals surface area contributed by atoms with Crippen LogP contribution in [0.3, 0.4) is 0 Å². The molecule has 2 N–H and O–H groups in total. The Morgan fingerprint density at radius 2 is 2.17 bits per heavy atom. The van der Waals surface area contributed by atoms with E-state index in [-0.39, 0.29) is 5.91 Å². The molecule has 0 spiro atoms. The lowest BCUT2D eigenvalue weighted by Crippen LogP contribution is -2.47. The van der Waals surface area contributed by atoms with Gasteiger partial charge in [-0.3, -0.25) is 4.79 Å². The maximum atomic E-state index is 12.9. The minimum atomic E-state index is -0.439. The Bertz CT molecular complexity index is 715. The summed E-state index contributed by atoms with van der Waals surface area (Å²) >= 11 is 1.69. The second-order valence-electron chi connectivity index (χ2n) is 6.81. The van der Waals surface area contributed by atoms with Gasteiger partial charge in [0.15, 0.2) is 0 Å². The summed E-state index contributed by atoms with van der Waals surface area (Å²) in [4.78, 5) is 17.5. The van der Waals surface area contributed by atoms with Crippen LogP contribution in [-0.4, -0.2) is 37.7 Å². The normalized spacial score (nSPS) is 17.3. The second-order valence-corrected chi connectivity index (χ2v) is 7.87. The predicted molar refractivity (Wildman–Crippen MR) is 98.8 cm³/mol. The molecule has 2 aromatic rings. The molecule has 0 bridgehead atoms. The van der Waals surface area contributed by atoms with Gasteiger partial charge < -0.3 is 15.4 Å². The molecule has 0 atom stereocenters. The molecule has 2 heterocycles. The Balaban J connectivity index is 1.81. The molecule has 1 fully saturated rings. The number of ether oxygens (including phenoxy) is 1. The van der Waals surface area contributed by atoms with E-state index in [1.165, 1.54) is 0 Å². The molecule has 24 heavy (non-hydrogen) atoms. The fraction of sp³-hybridized carbons (Fsp3) is 0.556. The molecular formula is C18H25N3O2S. The highest BCUT2D eigenvalue weighted by Crippen LogP contribution is 2.33. The van der Waals surface area contributed by atoms with E-state index in [1.807, 2.05) is 18.2 Å². The van der Waals surface area contributed by atoms with Crippen molar-refractivity contribution in [3.8, 4) is 0 Å². The summed E-state index contributed by atoms with van der Waals surface area (Å²) in [5.41, 5.74) is 1.39. The van der Waals surface area contributed by atoms with E-state index in [1.54, 1.807) is 18.4 Å². The largest absolute Gasteiger partial charge is 0.384 e. The first-order chi connectivity index (χ1) is 11.5. The lowest BCUT2D eigenvalue weighted by molar-refractivity contribution is -0.130. The smallest absolute Gasteiger partial charge is 0.233 e. The van der Waals surface area contributed by atoms with Crippen molar-refractivity contribution in [3.05, 3.63) is 23.2 Å². The zero-order valence-electron chi connectivity index (χ0n) is 14.5. The van der Waals surface area contributed by atoms with E-state index in [4.69, 9.17) is 4.74 Å². The topological polar surface area (TPSA) is 63.2 Å². The lowest BCUT2D eigenvalue weighted by Gasteiger charge is -2.35. The molecular weight excluding hydrogens is 322 g/mol. The van der Waals surface area contributed by atoms with Crippen molar-refractivity contribution in [2.24, 2.45) is 5.41 Å². The number of nitrogens with zero attached hydrogens (tertiary/aromatic N) is 1. The fourth-order valence-electron chi connectivity index (χ4n) is 3.15. The number of rotatable bonds is 5. The van der Waals surface area contributed by atoms with Crippen molar-refractivity contribution in [2.75, 3.05) is 32.1 Å². The maximum Gasteiger partial charge on any atom is 0.233 e. The number of thiazole rings is 1. The van der Waals surface area contributed by atoms with Crippen LogP contribution in [-0.2, 0) is 9.53 Å². The first-order valence-corrected chi connectivity index (χ1v) is 9.27. The number of methoxy groups -OCH3 is 1. The predicted octanol–water partition coefficient (Wildman–Crippen LogP) is 3.37. The molecule has 6 heteroatoms. The van der Waals surface area contributed by atoms with Crippen LogP contribution in [0.4, 0.5) is 5.69 Å². The van der Waals surface area contributed by atoms with E-state index in [0.29, 0.717) is 12.5 Å². The first-order valence-electron chi connectivity index (χ1n) is 8.46. The number of carbonyl (C=O) groups is 1. The number of hydrogen-bond donors (Lipinski definition) is 2. The molecule has 5 nitrogen and oxygen atoms in total. The summed E-state index contributed by atoms with van der Waals surface area (Å²) < 4.78 is 6.46. The van der Waals surface area contributed by atoms with Crippen LogP contribution in [0.2, 0.25) is 0 Å². The highest BCUT2D eigenvalue weighted by Gasteiger charge is 2.39. The van der Waals surface area contributed by atoms with Gasteiger partial charge in [-0.15, -0.1) is 11.3 Å². The Morgan fingerprint density at radius 3 is 2.83 bits per heavy atom. The number of benzene rings is 1. The minimum absolute atomic E-state index is 0.0544. The summed E-state index contributed by atoms with van der Waals surface area (Å²) in [5, 5.41) is 7.54. The number of fused-ring (bicyclic) bond motifs is 1. The van der Waals surface area contributed by atoms with Gasteiger partial charge in [0.2, 0.25) is 5.91 Å². The zero-order valence-corrected chi connectivity index (χ0v) is 15.3. The highest BCUT2D eigenvalue weighted by atomic mass is 32.1. The number of anilines is 1. The molecule has 1 aromatic heterocycles. The van der Waals surface area contributed by atoms with Crippen molar-refractivity contribution >= 4 is 33.1 Å². The van der Waals surface area contributed by atoms with Crippen molar-refractivity contribution in [1.29, 1.82) is 0 Å². The Hall–Kier alpha value is -1.50. The van der Waals surface area contributed by atoms with Gasteiger partial charge in [-0.1, -0.05) is 13.8 Å². The molecule has 3 rings (SSSR count). The van der Waals surface area contributed by atoms with Crippen molar-refractivity contribution in [1.82, 2.24) is 10.3 Å². The van der Waals surface area contributed by atoms with E-state index in [9.17, 15) is 4.79 Å². The van der Waals surface area contributed by atoms with E-state index in [2.05, 4.69) is 29.5 Å². The molecule has 1 aromatic carbocycles. The van der Waals surface area contributed by atoms with Gasteiger partial charge in [0.1, 0.15) is 0 Å². The average Bonchev–Trinajstić information content (AvgIpc) is 2.99. The molecule has 0 unspecified atom stereocenters.